The number of fused-ring (bicyclic) bond motifs is 1. The lowest BCUT2D eigenvalue weighted by Gasteiger charge is -2.36. The van der Waals surface area contributed by atoms with Crippen LogP contribution in [-0.2, 0) is 29.4 Å². The number of alkyl halides is 8. The Kier molecular flexibility index (Phi) is 9.02. The molecule has 0 fully saturated rings. The van der Waals surface area contributed by atoms with Crippen LogP contribution in [0.15, 0.2) is 71.8 Å². The number of halogens is 9. The highest BCUT2D eigenvalue weighted by Crippen LogP contribution is 2.41. The number of anilines is 1. The summed E-state index contributed by atoms with van der Waals surface area (Å²) < 4.78 is 160. The zero-order chi connectivity index (χ0) is 35.2. The number of benzene rings is 3. The molecule has 1 amide bonds. The molecule has 19 heteroatoms. The molecular formula is C29H21F9N4O5S. The molecule has 1 N–H and O–H groups in total. The lowest BCUT2D eigenvalue weighted by molar-refractivity contribution is -0.141. The number of hydrogen-bond acceptors (Lipinski definition) is 6. The first-order valence-electron chi connectivity index (χ1n) is 13.5. The van der Waals surface area contributed by atoms with Crippen LogP contribution in [0, 0.1) is 5.82 Å². The van der Waals surface area contributed by atoms with Gasteiger partial charge in [-0.05, 0) is 53.6 Å². The van der Waals surface area contributed by atoms with Crippen LogP contribution >= 0.6 is 0 Å². The van der Waals surface area contributed by atoms with Crippen molar-refractivity contribution in [3.8, 4) is 22.6 Å². The second-order valence-corrected chi connectivity index (χ2v) is 12.2. The molecule has 5 rings (SSSR count). The van der Waals surface area contributed by atoms with Crippen LogP contribution in [0.5, 0.6) is 11.5 Å². The van der Waals surface area contributed by atoms with E-state index in [4.69, 9.17) is 4.74 Å². The highest BCUT2D eigenvalue weighted by molar-refractivity contribution is 7.92. The van der Waals surface area contributed by atoms with Crippen LogP contribution in [0.3, 0.4) is 0 Å². The summed E-state index contributed by atoms with van der Waals surface area (Å²) in [5.74, 6) is -2.96. The van der Waals surface area contributed by atoms with Crippen molar-refractivity contribution in [2.24, 2.45) is 7.05 Å². The van der Waals surface area contributed by atoms with Gasteiger partial charge in [0.05, 0.1) is 34.8 Å². The smallest absolute Gasteiger partial charge is 0.435 e. The zero-order valence-electron chi connectivity index (χ0n) is 24.1. The number of rotatable bonds is 8. The molecule has 0 saturated carbocycles. The molecule has 0 aliphatic carbocycles. The molecule has 1 atom stereocenters. The first kappa shape index (κ1) is 34.4. The van der Waals surface area contributed by atoms with E-state index in [1.165, 1.54) is 12.1 Å². The van der Waals surface area contributed by atoms with Crippen LogP contribution in [0.4, 0.5) is 45.2 Å². The summed E-state index contributed by atoms with van der Waals surface area (Å²) in [4.78, 5) is 11.9. The van der Waals surface area contributed by atoms with E-state index in [2.05, 4.69) is 15.2 Å². The van der Waals surface area contributed by atoms with Gasteiger partial charge in [-0.15, -0.1) is 0 Å². The maximum atomic E-state index is 14.3. The quantitative estimate of drug-likeness (QED) is 0.217. The number of hydrogen-bond donors (Lipinski definition) is 1. The number of amides is 1. The molecule has 3 aromatic carbocycles. The molecule has 1 aromatic heterocycles. The number of carbonyl (C=O) groups is 1. The molecule has 0 radical (unpaired) electrons. The zero-order valence-corrected chi connectivity index (χ0v) is 24.9. The Labute approximate surface area is 265 Å². The van der Waals surface area contributed by atoms with Gasteiger partial charge < -0.3 is 14.8 Å². The maximum absolute atomic E-state index is 14.3. The van der Waals surface area contributed by atoms with Crippen molar-refractivity contribution in [1.29, 1.82) is 0 Å². The van der Waals surface area contributed by atoms with Gasteiger partial charge in [0.2, 0.25) is 0 Å². The van der Waals surface area contributed by atoms with Gasteiger partial charge in [-0.2, -0.15) is 40.2 Å². The Hall–Kier alpha value is -4.94. The lowest BCUT2D eigenvalue weighted by Crippen LogP contribution is -2.48. The normalized spacial score (nSPS) is 15.2. The minimum Gasteiger partial charge on any atom is -0.484 e. The van der Waals surface area contributed by atoms with Crippen molar-refractivity contribution in [2.75, 3.05) is 17.4 Å². The van der Waals surface area contributed by atoms with Crippen LogP contribution in [0.1, 0.15) is 21.6 Å². The number of sulfonamides is 1. The predicted octanol–water partition coefficient (Wildman–Crippen LogP) is 6.25. The van der Waals surface area contributed by atoms with E-state index in [-0.39, 0.29) is 22.6 Å². The van der Waals surface area contributed by atoms with Crippen molar-refractivity contribution in [1.82, 2.24) is 15.1 Å². The highest BCUT2D eigenvalue weighted by atomic mass is 32.2. The Morgan fingerprint density at radius 2 is 1.75 bits per heavy atom. The number of aromatic nitrogens is 2. The monoisotopic (exact) mass is 708 g/mol. The number of ether oxygens (including phenoxy) is 2. The summed E-state index contributed by atoms with van der Waals surface area (Å²) in [6.07, 6.45) is -10.4. The largest absolute Gasteiger partial charge is 0.484 e. The fourth-order valence-corrected chi connectivity index (χ4v) is 6.40. The third-order valence-electron chi connectivity index (χ3n) is 6.90. The number of nitrogens with one attached hydrogen (secondary N) is 1. The van der Waals surface area contributed by atoms with E-state index in [1.54, 1.807) is 0 Å². The van der Waals surface area contributed by atoms with Gasteiger partial charge in [-0.1, -0.05) is 12.1 Å². The number of nitrogens with zero attached hydrogens (tertiary/aromatic N) is 3. The number of aryl methyl sites for hydroxylation is 1. The van der Waals surface area contributed by atoms with Crippen molar-refractivity contribution >= 4 is 21.6 Å². The van der Waals surface area contributed by atoms with E-state index in [0.717, 1.165) is 48.3 Å². The Balaban J connectivity index is 1.53. The van der Waals surface area contributed by atoms with E-state index < -0.39 is 87.4 Å². The average Bonchev–Trinajstić information content (AvgIpc) is 3.40. The van der Waals surface area contributed by atoms with Gasteiger partial charge in [0.25, 0.3) is 15.9 Å². The van der Waals surface area contributed by atoms with Crippen molar-refractivity contribution in [2.45, 2.75) is 30.0 Å². The van der Waals surface area contributed by atoms with E-state index >= 15 is 0 Å². The fraction of sp³-hybridized carbons (Fsp3) is 0.241. The summed E-state index contributed by atoms with van der Waals surface area (Å²) in [5, 5.41) is 5.48. The lowest BCUT2D eigenvalue weighted by atomic mass is 10.0. The van der Waals surface area contributed by atoms with Gasteiger partial charge >= 0.3 is 19.0 Å². The fourth-order valence-electron chi connectivity index (χ4n) is 4.85. The minimum atomic E-state index is -4.98. The SMILES string of the molecule is Cn1cc(C(=O)NC[C@H]2CN(S(=O)(=O)c3cccc(C(F)(F)F)c3)c3cc(-c4cc(F)cc(OC(F)F)c4)ccc3O2)c(C(F)(F)F)n1. The van der Waals surface area contributed by atoms with Crippen molar-refractivity contribution < 1.29 is 62.2 Å². The maximum Gasteiger partial charge on any atom is 0.435 e. The first-order valence-corrected chi connectivity index (χ1v) is 14.9. The number of carbonyl (C=O) groups excluding carboxylic acids is 1. The second kappa shape index (κ2) is 12.6. The first-order chi connectivity index (χ1) is 22.3. The second-order valence-electron chi connectivity index (χ2n) is 10.3. The topological polar surface area (TPSA) is 103 Å². The van der Waals surface area contributed by atoms with Gasteiger partial charge in [-0.3, -0.25) is 13.8 Å². The molecule has 1 aliphatic rings. The molecule has 0 bridgehead atoms. The van der Waals surface area contributed by atoms with Crippen molar-refractivity contribution in [3.63, 3.8) is 0 Å². The van der Waals surface area contributed by atoms with E-state index in [1.807, 2.05) is 0 Å². The summed E-state index contributed by atoms with van der Waals surface area (Å²) in [6, 6.07) is 9.13. The molecule has 2 heterocycles. The Morgan fingerprint density at radius 3 is 2.42 bits per heavy atom. The standard InChI is InChI=1S/C29H21F9N4O5S/c1-41-14-22(25(40-41)29(36,37)38)26(43)39-12-20-13-42(48(44,45)21-4-2-3-17(10-21)28(33,34)35)23-9-15(5-6-24(23)46-20)16-7-18(30)11-19(8-16)47-27(31)32/h2-11,14,20,27H,12-13H2,1H3,(H,39,43)/t20-/m0/s1. The van der Waals surface area contributed by atoms with E-state index in [9.17, 15) is 52.7 Å². The summed E-state index contributed by atoms with van der Waals surface area (Å²) in [7, 11) is -3.69. The minimum absolute atomic E-state index is 0.0452. The van der Waals surface area contributed by atoms with Crippen LogP contribution in [-0.4, -0.2) is 49.9 Å². The molecule has 9 nitrogen and oxygen atoms in total. The summed E-state index contributed by atoms with van der Waals surface area (Å²) in [5.41, 5.74) is -3.83. The highest BCUT2D eigenvalue weighted by Gasteiger charge is 2.40. The van der Waals surface area contributed by atoms with Crippen LogP contribution in [0.2, 0.25) is 0 Å². The van der Waals surface area contributed by atoms with Gasteiger partial charge in [0.1, 0.15) is 23.4 Å². The summed E-state index contributed by atoms with van der Waals surface area (Å²) >= 11 is 0. The average molecular weight is 709 g/mol. The van der Waals surface area contributed by atoms with E-state index in [0.29, 0.717) is 22.5 Å². The molecule has 256 valence electrons. The molecule has 0 unspecified atom stereocenters. The molecule has 1 aliphatic heterocycles. The third kappa shape index (κ3) is 7.29. The van der Waals surface area contributed by atoms with Gasteiger partial charge in [0.15, 0.2) is 5.69 Å². The summed E-state index contributed by atoms with van der Waals surface area (Å²) in [6.45, 7) is -4.53. The molecule has 0 saturated heterocycles. The van der Waals surface area contributed by atoms with Crippen LogP contribution in [0.25, 0.3) is 11.1 Å². The molecular weight excluding hydrogens is 687 g/mol. The molecule has 48 heavy (non-hydrogen) atoms. The van der Waals surface area contributed by atoms with Gasteiger partial charge in [-0.25, -0.2) is 12.8 Å². The Bertz CT molecular complexity index is 1960. The molecule has 4 aromatic rings. The molecule has 0 spiro atoms. The van der Waals surface area contributed by atoms with Gasteiger partial charge in [0, 0.05) is 19.3 Å². The third-order valence-corrected chi connectivity index (χ3v) is 8.68. The van der Waals surface area contributed by atoms with Crippen LogP contribution < -0.4 is 19.1 Å². The Morgan fingerprint density at radius 1 is 1.02 bits per heavy atom. The predicted molar refractivity (Wildman–Crippen MR) is 149 cm³/mol. The van der Waals surface area contributed by atoms with Crippen molar-refractivity contribution in [3.05, 3.63) is 89.5 Å².